The molecule has 144 valence electrons. The van der Waals surface area contributed by atoms with Crippen molar-refractivity contribution >= 4 is 34.7 Å². The van der Waals surface area contributed by atoms with Gasteiger partial charge < -0.3 is 21.1 Å². The number of nitrogens with zero attached hydrogens (tertiary/aromatic N) is 2. The molecule has 7 heteroatoms. The van der Waals surface area contributed by atoms with Gasteiger partial charge in [0, 0.05) is 11.4 Å². The predicted octanol–water partition coefficient (Wildman–Crippen LogP) is 4.29. The number of esters is 1. The number of nitrogens with one attached hydrogen (secondary N) is 2. The third-order valence-electron chi connectivity index (χ3n) is 4.17. The smallest absolute Gasteiger partial charge is 0.338 e. The Morgan fingerprint density at radius 3 is 1.96 bits per heavy atom. The van der Waals surface area contributed by atoms with Crippen LogP contribution in [0.3, 0.4) is 0 Å². The predicted molar refractivity (Wildman–Crippen MR) is 111 cm³/mol. The fourth-order valence-corrected chi connectivity index (χ4v) is 2.60. The molecule has 3 rings (SSSR count). The SMILES string of the molecule is CCOC(=O)c1ccc(Nc2ncnc(Nc3ccc(CC)cc3)c2N)cc1. The van der Waals surface area contributed by atoms with Gasteiger partial charge in [-0.3, -0.25) is 0 Å². The number of benzene rings is 2. The molecule has 28 heavy (non-hydrogen) atoms. The molecule has 0 amide bonds. The van der Waals surface area contributed by atoms with E-state index in [0.29, 0.717) is 29.5 Å². The van der Waals surface area contributed by atoms with Crippen molar-refractivity contribution < 1.29 is 9.53 Å². The lowest BCUT2D eigenvalue weighted by Crippen LogP contribution is -2.06. The van der Waals surface area contributed by atoms with E-state index < -0.39 is 0 Å². The summed E-state index contributed by atoms with van der Waals surface area (Å²) in [5.74, 6) is 0.646. The van der Waals surface area contributed by atoms with Gasteiger partial charge in [-0.25, -0.2) is 14.8 Å². The Hall–Kier alpha value is -3.61. The van der Waals surface area contributed by atoms with E-state index in [0.717, 1.165) is 17.8 Å². The lowest BCUT2D eigenvalue weighted by atomic mass is 10.1. The number of aromatic nitrogens is 2. The molecule has 2 aromatic carbocycles. The minimum Gasteiger partial charge on any atom is -0.462 e. The molecule has 0 saturated heterocycles. The summed E-state index contributed by atoms with van der Waals surface area (Å²) < 4.78 is 4.98. The number of nitrogen functional groups attached to an aromatic ring is 1. The number of aryl methyl sites for hydroxylation is 1. The Kier molecular flexibility index (Phi) is 6.06. The van der Waals surface area contributed by atoms with E-state index in [1.54, 1.807) is 31.2 Å². The van der Waals surface area contributed by atoms with Gasteiger partial charge in [0.15, 0.2) is 11.6 Å². The van der Waals surface area contributed by atoms with Crippen molar-refractivity contribution in [3.63, 3.8) is 0 Å². The number of carbonyl (C=O) groups excluding carboxylic acids is 1. The van der Waals surface area contributed by atoms with Crippen LogP contribution in [0, 0.1) is 0 Å². The van der Waals surface area contributed by atoms with E-state index in [2.05, 4.69) is 39.7 Å². The van der Waals surface area contributed by atoms with Gasteiger partial charge in [-0.1, -0.05) is 19.1 Å². The molecule has 3 aromatic rings. The standard InChI is InChI=1S/C21H23N5O2/c1-3-14-5-9-16(10-6-14)25-19-18(22)20(24-13-23-19)26-17-11-7-15(8-12-17)21(27)28-4-2/h5-13H,3-4,22H2,1-2H3,(H2,23,24,25,26). The molecule has 1 heterocycles. The van der Waals surface area contributed by atoms with E-state index in [1.165, 1.54) is 11.9 Å². The highest BCUT2D eigenvalue weighted by Crippen LogP contribution is 2.28. The van der Waals surface area contributed by atoms with E-state index in [1.807, 2.05) is 12.1 Å². The van der Waals surface area contributed by atoms with E-state index in [4.69, 9.17) is 10.5 Å². The Bertz CT molecular complexity index is 940. The van der Waals surface area contributed by atoms with Crippen molar-refractivity contribution in [3.05, 3.63) is 66.0 Å². The fourth-order valence-electron chi connectivity index (χ4n) is 2.60. The quantitative estimate of drug-likeness (QED) is 0.528. The monoisotopic (exact) mass is 377 g/mol. The summed E-state index contributed by atoms with van der Waals surface area (Å²) in [7, 11) is 0. The molecule has 0 spiro atoms. The maximum absolute atomic E-state index is 11.7. The molecule has 0 atom stereocenters. The summed E-state index contributed by atoms with van der Waals surface area (Å²) in [5, 5.41) is 6.36. The maximum atomic E-state index is 11.7. The highest BCUT2D eigenvalue weighted by atomic mass is 16.5. The third kappa shape index (κ3) is 4.56. The Labute approximate surface area is 164 Å². The molecule has 0 radical (unpaired) electrons. The number of hydrogen-bond acceptors (Lipinski definition) is 7. The lowest BCUT2D eigenvalue weighted by molar-refractivity contribution is 0.0526. The molecule has 4 N–H and O–H groups in total. The highest BCUT2D eigenvalue weighted by Gasteiger charge is 2.10. The molecule has 0 fully saturated rings. The molecule has 0 aliphatic carbocycles. The molecule has 0 aliphatic rings. The van der Waals surface area contributed by atoms with Crippen molar-refractivity contribution in [3.8, 4) is 0 Å². The summed E-state index contributed by atoms with van der Waals surface area (Å²) in [4.78, 5) is 20.2. The summed E-state index contributed by atoms with van der Waals surface area (Å²) in [6.07, 6.45) is 2.42. The largest absolute Gasteiger partial charge is 0.462 e. The van der Waals surface area contributed by atoms with Gasteiger partial charge in [0.2, 0.25) is 0 Å². The maximum Gasteiger partial charge on any atom is 0.338 e. The lowest BCUT2D eigenvalue weighted by Gasteiger charge is -2.13. The van der Waals surface area contributed by atoms with Gasteiger partial charge in [0.25, 0.3) is 0 Å². The fraction of sp³-hybridized carbons (Fsp3) is 0.190. The summed E-state index contributed by atoms with van der Waals surface area (Å²) in [6, 6.07) is 15.0. The summed E-state index contributed by atoms with van der Waals surface area (Å²) >= 11 is 0. The number of anilines is 5. The minimum atomic E-state index is -0.351. The first-order valence-electron chi connectivity index (χ1n) is 9.11. The topological polar surface area (TPSA) is 102 Å². The highest BCUT2D eigenvalue weighted by molar-refractivity contribution is 5.90. The number of ether oxygens (including phenoxy) is 1. The number of nitrogens with two attached hydrogens (primary N) is 1. The van der Waals surface area contributed by atoms with Crippen LogP contribution in [0.15, 0.2) is 54.9 Å². The van der Waals surface area contributed by atoms with Crippen LogP contribution in [0.5, 0.6) is 0 Å². The van der Waals surface area contributed by atoms with Gasteiger partial charge in [0.1, 0.15) is 12.0 Å². The Morgan fingerprint density at radius 2 is 1.46 bits per heavy atom. The molecule has 0 unspecified atom stereocenters. The van der Waals surface area contributed by atoms with Crippen LogP contribution in [0.4, 0.5) is 28.7 Å². The number of carbonyl (C=O) groups is 1. The van der Waals surface area contributed by atoms with Crippen LogP contribution in [0.1, 0.15) is 29.8 Å². The van der Waals surface area contributed by atoms with Crippen LogP contribution in [0.2, 0.25) is 0 Å². The zero-order valence-corrected chi connectivity index (χ0v) is 15.9. The van der Waals surface area contributed by atoms with Crippen molar-refractivity contribution in [1.29, 1.82) is 0 Å². The average Bonchev–Trinajstić information content (AvgIpc) is 2.72. The van der Waals surface area contributed by atoms with Crippen molar-refractivity contribution in [2.75, 3.05) is 23.0 Å². The van der Waals surface area contributed by atoms with Gasteiger partial charge in [0.05, 0.1) is 12.2 Å². The van der Waals surface area contributed by atoms with Crippen LogP contribution >= 0.6 is 0 Å². The molecular weight excluding hydrogens is 354 g/mol. The number of hydrogen-bond donors (Lipinski definition) is 3. The second-order valence-electron chi connectivity index (χ2n) is 6.08. The zero-order valence-electron chi connectivity index (χ0n) is 15.9. The van der Waals surface area contributed by atoms with Gasteiger partial charge in [-0.2, -0.15) is 0 Å². The normalized spacial score (nSPS) is 10.4. The van der Waals surface area contributed by atoms with Gasteiger partial charge in [-0.05, 0) is 55.3 Å². The summed E-state index contributed by atoms with van der Waals surface area (Å²) in [6.45, 7) is 4.23. The zero-order chi connectivity index (χ0) is 19.9. The first kappa shape index (κ1) is 19.2. The van der Waals surface area contributed by atoms with Crippen LogP contribution in [-0.4, -0.2) is 22.5 Å². The first-order chi connectivity index (χ1) is 13.6. The molecule has 0 aliphatic heterocycles. The van der Waals surface area contributed by atoms with Crippen molar-refractivity contribution in [2.24, 2.45) is 0 Å². The minimum absolute atomic E-state index is 0.341. The first-order valence-corrected chi connectivity index (χ1v) is 9.11. The van der Waals surface area contributed by atoms with E-state index in [9.17, 15) is 4.79 Å². The number of rotatable bonds is 7. The molecule has 0 saturated carbocycles. The van der Waals surface area contributed by atoms with Crippen LogP contribution in [-0.2, 0) is 11.2 Å². The average molecular weight is 377 g/mol. The third-order valence-corrected chi connectivity index (χ3v) is 4.17. The van der Waals surface area contributed by atoms with E-state index >= 15 is 0 Å². The van der Waals surface area contributed by atoms with E-state index in [-0.39, 0.29) is 5.97 Å². The molecule has 0 bridgehead atoms. The molecular formula is C21H23N5O2. The van der Waals surface area contributed by atoms with Crippen molar-refractivity contribution in [2.45, 2.75) is 20.3 Å². The Balaban J connectivity index is 1.74. The van der Waals surface area contributed by atoms with Crippen LogP contribution in [0.25, 0.3) is 0 Å². The second-order valence-corrected chi connectivity index (χ2v) is 6.08. The summed E-state index contributed by atoms with van der Waals surface area (Å²) in [5.41, 5.74) is 10.0. The molecule has 1 aromatic heterocycles. The van der Waals surface area contributed by atoms with Crippen LogP contribution < -0.4 is 16.4 Å². The molecule has 7 nitrogen and oxygen atoms in total. The van der Waals surface area contributed by atoms with Crippen molar-refractivity contribution in [1.82, 2.24) is 9.97 Å². The second kappa shape index (κ2) is 8.85. The van der Waals surface area contributed by atoms with Gasteiger partial charge in [-0.15, -0.1) is 0 Å². The van der Waals surface area contributed by atoms with Gasteiger partial charge >= 0.3 is 5.97 Å². The Morgan fingerprint density at radius 1 is 0.929 bits per heavy atom.